The van der Waals surface area contributed by atoms with Crippen molar-refractivity contribution in [3.8, 4) is 11.5 Å². The van der Waals surface area contributed by atoms with Gasteiger partial charge in [-0.05, 0) is 69.2 Å². The van der Waals surface area contributed by atoms with Gasteiger partial charge in [0.25, 0.3) is 5.91 Å². The standard InChI is InChI=1S/C20H25NO3/c1-5-19(24-18-8-6-7-15(4)13-18)20(22)21-16-9-11-17(12-10-16)23-14(2)3/h6-14,19H,5H2,1-4H3,(H,21,22). The molecule has 0 aliphatic carbocycles. The van der Waals surface area contributed by atoms with Crippen molar-refractivity contribution in [3.63, 3.8) is 0 Å². The minimum atomic E-state index is -0.529. The monoisotopic (exact) mass is 327 g/mol. The highest BCUT2D eigenvalue weighted by Crippen LogP contribution is 2.19. The lowest BCUT2D eigenvalue weighted by Gasteiger charge is -2.18. The van der Waals surface area contributed by atoms with Crippen LogP contribution in [0.15, 0.2) is 48.5 Å². The summed E-state index contributed by atoms with van der Waals surface area (Å²) in [6, 6.07) is 15.0. The van der Waals surface area contributed by atoms with E-state index in [9.17, 15) is 4.79 Å². The maximum atomic E-state index is 12.4. The second kappa shape index (κ2) is 8.39. The van der Waals surface area contributed by atoms with Crippen LogP contribution in [0.25, 0.3) is 0 Å². The first kappa shape index (κ1) is 17.9. The Morgan fingerprint density at radius 2 is 1.75 bits per heavy atom. The Kier molecular flexibility index (Phi) is 6.24. The highest BCUT2D eigenvalue weighted by Gasteiger charge is 2.18. The summed E-state index contributed by atoms with van der Waals surface area (Å²) >= 11 is 0. The van der Waals surface area contributed by atoms with Crippen LogP contribution in [-0.4, -0.2) is 18.1 Å². The molecule has 4 heteroatoms. The summed E-state index contributed by atoms with van der Waals surface area (Å²) in [4.78, 5) is 12.4. The maximum absolute atomic E-state index is 12.4. The van der Waals surface area contributed by atoms with Gasteiger partial charge in [-0.25, -0.2) is 0 Å². The minimum Gasteiger partial charge on any atom is -0.491 e. The van der Waals surface area contributed by atoms with Gasteiger partial charge in [-0.15, -0.1) is 0 Å². The van der Waals surface area contributed by atoms with E-state index in [0.29, 0.717) is 12.2 Å². The van der Waals surface area contributed by atoms with Gasteiger partial charge in [-0.1, -0.05) is 19.1 Å². The Bertz CT molecular complexity index is 665. The quantitative estimate of drug-likeness (QED) is 0.810. The molecule has 0 radical (unpaired) electrons. The number of aryl methyl sites for hydroxylation is 1. The van der Waals surface area contributed by atoms with Gasteiger partial charge < -0.3 is 14.8 Å². The first-order valence-electron chi connectivity index (χ1n) is 8.29. The molecule has 2 aromatic carbocycles. The van der Waals surface area contributed by atoms with Gasteiger partial charge in [0.2, 0.25) is 0 Å². The number of anilines is 1. The third-order valence-corrected chi connectivity index (χ3v) is 3.42. The first-order valence-corrected chi connectivity index (χ1v) is 8.29. The summed E-state index contributed by atoms with van der Waals surface area (Å²) < 4.78 is 11.4. The molecule has 0 aromatic heterocycles. The van der Waals surface area contributed by atoms with Crippen LogP contribution in [-0.2, 0) is 4.79 Å². The lowest BCUT2D eigenvalue weighted by Crippen LogP contribution is -2.32. The van der Waals surface area contributed by atoms with Crippen molar-refractivity contribution in [3.05, 3.63) is 54.1 Å². The average Bonchev–Trinajstić information content (AvgIpc) is 2.54. The molecule has 0 saturated carbocycles. The van der Waals surface area contributed by atoms with Gasteiger partial charge >= 0.3 is 0 Å². The normalized spacial score (nSPS) is 11.9. The number of benzene rings is 2. The van der Waals surface area contributed by atoms with Crippen molar-refractivity contribution in [1.29, 1.82) is 0 Å². The molecule has 1 unspecified atom stereocenters. The summed E-state index contributed by atoms with van der Waals surface area (Å²) in [5.41, 5.74) is 1.82. The molecule has 1 amide bonds. The number of amides is 1. The lowest BCUT2D eigenvalue weighted by molar-refractivity contribution is -0.122. The number of nitrogens with one attached hydrogen (secondary N) is 1. The smallest absolute Gasteiger partial charge is 0.265 e. The largest absolute Gasteiger partial charge is 0.491 e. The number of ether oxygens (including phenoxy) is 2. The molecule has 0 saturated heterocycles. The van der Waals surface area contributed by atoms with Gasteiger partial charge in [0.1, 0.15) is 11.5 Å². The summed E-state index contributed by atoms with van der Waals surface area (Å²) in [6.45, 7) is 7.88. The Balaban J connectivity index is 1.98. The fraction of sp³-hybridized carbons (Fsp3) is 0.350. The molecule has 2 rings (SSSR count). The van der Waals surface area contributed by atoms with Crippen LogP contribution in [0.1, 0.15) is 32.8 Å². The van der Waals surface area contributed by atoms with Gasteiger partial charge in [0.15, 0.2) is 6.10 Å². The number of hydrogen-bond donors (Lipinski definition) is 1. The van der Waals surface area contributed by atoms with Crippen molar-refractivity contribution >= 4 is 11.6 Å². The van der Waals surface area contributed by atoms with Crippen molar-refractivity contribution in [2.45, 2.75) is 46.3 Å². The maximum Gasteiger partial charge on any atom is 0.265 e. The lowest BCUT2D eigenvalue weighted by atomic mass is 10.2. The van der Waals surface area contributed by atoms with E-state index in [4.69, 9.17) is 9.47 Å². The zero-order valence-corrected chi connectivity index (χ0v) is 14.7. The number of carbonyl (C=O) groups is 1. The van der Waals surface area contributed by atoms with Crippen molar-refractivity contribution in [2.24, 2.45) is 0 Å². The highest BCUT2D eigenvalue weighted by molar-refractivity contribution is 5.94. The number of hydrogen-bond acceptors (Lipinski definition) is 3. The molecule has 0 fully saturated rings. The summed E-state index contributed by atoms with van der Waals surface area (Å²) in [6.07, 6.45) is 0.185. The Labute approximate surface area is 143 Å². The van der Waals surface area contributed by atoms with Crippen molar-refractivity contribution in [1.82, 2.24) is 0 Å². The minimum absolute atomic E-state index is 0.123. The van der Waals surface area contributed by atoms with Crippen molar-refractivity contribution < 1.29 is 14.3 Å². The zero-order valence-electron chi connectivity index (χ0n) is 14.7. The molecule has 24 heavy (non-hydrogen) atoms. The van der Waals surface area contributed by atoms with Gasteiger partial charge in [0, 0.05) is 5.69 Å². The van der Waals surface area contributed by atoms with E-state index >= 15 is 0 Å². The van der Waals surface area contributed by atoms with Crippen LogP contribution in [0, 0.1) is 6.92 Å². The van der Waals surface area contributed by atoms with E-state index in [1.807, 2.05) is 76.2 Å². The van der Waals surface area contributed by atoms with E-state index in [2.05, 4.69) is 5.32 Å². The van der Waals surface area contributed by atoms with Crippen LogP contribution in [0.5, 0.6) is 11.5 Å². The SMILES string of the molecule is CCC(Oc1cccc(C)c1)C(=O)Nc1ccc(OC(C)C)cc1. The van der Waals surface area contributed by atoms with Gasteiger partial charge in [-0.3, -0.25) is 4.79 Å². The van der Waals surface area contributed by atoms with Crippen LogP contribution in [0.4, 0.5) is 5.69 Å². The fourth-order valence-corrected chi connectivity index (χ4v) is 2.29. The molecule has 1 atom stereocenters. The van der Waals surface area contributed by atoms with E-state index in [-0.39, 0.29) is 12.0 Å². The molecule has 128 valence electrons. The van der Waals surface area contributed by atoms with Gasteiger partial charge in [-0.2, -0.15) is 0 Å². The van der Waals surface area contributed by atoms with Crippen LogP contribution >= 0.6 is 0 Å². The van der Waals surface area contributed by atoms with Crippen LogP contribution in [0.2, 0.25) is 0 Å². The topological polar surface area (TPSA) is 47.6 Å². The molecule has 0 aliphatic heterocycles. The van der Waals surface area contributed by atoms with Crippen LogP contribution < -0.4 is 14.8 Å². The highest BCUT2D eigenvalue weighted by atomic mass is 16.5. The van der Waals surface area contributed by atoms with E-state index in [1.165, 1.54) is 0 Å². The third-order valence-electron chi connectivity index (χ3n) is 3.42. The summed E-state index contributed by atoms with van der Waals surface area (Å²) in [5, 5.41) is 2.89. The van der Waals surface area contributed by atoms with E-state index in [1.54, 1.807) is 0 Å². The molecule has 1 N–H and O–H groups in total. The molecule has 0 spiro atoms. The third kappa shape index (κ3) is 5.30. The molecule has 2 aromatic rings. The predicted molar refractivity (Wildman–Crippen MR) is 96.7 cm³/mol. The van der Waals surface area contributed by atoms with Gasteiger partial charge in [0.05, 0.1) is 6.10 Å². The molecular weight excluding hydrogens is 302 g/mol. The van der Waals surface area contributed by atoms with E-state index in [0.717, 1.165) is 17.0 Å². The second-order valence-corrected chi connectivity index (χ2v) is 6.01. The molecule has 0 bridgehead atoms. The molecule has 0 aliphatic rings. The summed E-state index contributed by atoms with van der Waals surface area (Å²) in [7, 11) is 0. The second-order valence-electron chi connectivity index (χ2n) is 6.01. The van der Waals surface area contributed by atoms with Crippen molar-refractivity contribution in [2.75, 3.05) is 5.32 Å². The zero-order chi connectivity index (χ0) is 17.5. The van der Waals surface area contributed by atoms with E-state index < -0.39 is 6.10 Å². The number of rotatable bonds is 7. The Morgan fingerprint density at radius 3 is 2.33 bits per heavy atom. The average molecular weight is 327 g/mol. The molecule has 4 nitrogen and oxygen atoms in total. The summed E-state index contributed by atoms with van der Waals surface area (Å²) in [5.74, 6) is 1.33. The molecule has 0 heterocycles. The predicted octanol–water partition coefficient (Wildman–Crippen LogP) is 4.58. The Hall–Kier alpha value is -2.49. The van der Waals surface area contributed by atoms with Crippen LogP contribution in [0.3, 0.4) is 0 Å². The molecular formula is C20H25NO3. The first-order chi connectivity index (χ1) is 11.5. The number of carbonyl (C=O) groups excluding carboxylic acids is 1. The Morgan fingerprint density at radius 1 is 1.04 bits per heavy atom. The fourth-order valence-electron chi connectivity index (χ4n) is 2.29.